The fourth-order valence-electron chi connectivity index (χ4n) is 3.35. The maximum Gasteiger partial charge on any atom is 0.305 e. The van der Waals surface area contributed by atoms with Gasteiger partial charge >= 0.3 is 5.97 Å². The average Bonchev–Trinajstić information content (AvgIpc) is 3.07. The smallest absolute Gasteiger partial charge is 0.305 e. The highest BCUT2D eigenvalue weighted by molar-refractivity contribution is 7.89. The fourth-order valence-corrected chi connectivity index (χ4v) is 4.33. The summed E-state index contributed by atoms with van der Waals surface area (Å²) in [5.74, 6) is -1.61. The number of rotatable bonds is 11. The largest absolute Gasteiger partial charge is 0.481 e. The van der Waals surface area contributed by atoms with E-state index in [0.29, 0.717) is 17.0 Å². The number of aromatic nitrogens is 2. The Morgan fingerprint density at radius 3 is 2.32 bits per heavy atom. The molecule has 4 N–H and O–H groups in total. The number of carboxylic acids is 1. The van der Waals surface area contributed by atoms with Crippen molar-refractivity contribution in [3.8, 4) is 11.3 Å². The number of carbonyl (C=O) groups is 1. The molecule has 2 aromatic rings. The lowest BCUT2D eigenvalue weighted by molar-refractivity contribution is -0.139. The van der Waals surface area contributed by atoms with Gasteiger partial charge in [-0.1, -0.05) is 0 Å². The first kappa shape index (κ1) is 24.9. The van der Waals surface area contributed by atoms with Crippen molar-refractivity contribution in [3.63, 3.8) is 0 Å². The quantitative estimate of drug-likeness (QED) is 0.402. The van der Waals surface area contributed by atoms with Crippen molar-refractivity contribution >= 4 is 16.0 Å². The number of hydrogen-bond donors (Lipinski definition) is 4. The molecule has 2 rings (SSSR count). The van der Waals surface area contributed by atoms with Gasteiger partial charge in [0, 0.05) is 17.3 Å². The van der Waals surface area contributed by atoms with Gasteiger partial charge in [-0.15, -0.1) is 0 Å². The third kappa shape index (κ3) is 6.33. The fraction of sp³-hybridized carbons (Fsp3) is 0.500. The molecule has 1 heterocycles. The number of nitrogens with one attached hydrogen (secondary N) is 1. The third-order valence-corrected chi connectivity index (χ3v) is 6.10. The molecule has 0 spiro atoms. The molecule has 0 amide bonds. The van der Waals surface area contributed by atoms with Crippen LogP contribution in [-0.4, -0.2) is 58.5 Å². The number of nitrogens with zero attached hydrogens (tertiary/aromatic N) is 2. The van der Waals surface area contributed by atoms with E-state index >= 15 is 0 Å². The zero-order chi connectivity index (χ0) is 23.3. The summed E-state index contributed by atoms with van der Waals surface area (Å²) < 4.78 is 42.3. The lowest BCUT2D eigenvalue weighted by atomic mass is 10.0. The Morgan fingerprint density at radius 2 is 1.81 bits per heavy atom. The van der Waals surface area contributed by atoms with Crippen molar-refractivity contribution in [1.29, 1.82) is 0 Å². The van der Waals surface area contributed by atoms with Crippen LogP contribution in [0.25, 0.3) is 11.3 Å². The molecular weight excluding hydrogens is 429 g/mol. The topological polar surface area (TPSA) is 142 Å². The van der Waals surface area contributed by atoms with E-state index in [9.17, 15) is 27.8 Å². The van der Waals surface area contributed by atoms with Gasteiger partial charge in [-0.3, -0.25) is 4.79 Å². The lowest BCUT2D eigenvalue weighted by Gasteiger charge is -2.18. The van der Waals surface area contributed by atoms with E-state index in [1.54, 1.807) is 18.4 Å². The van der Waals surface area contributed by atoms with Crippen LogP contribution in [0.2, 0.25) is 0 Å². The average molecular weight is 458 g/mol. The predicted octanol–water partition coefficient (Wildman–Crippen LogP) is 1.70. The summed E-state index contributed by atoms with van der Waals surface area (Å²) in [6.07, 6.45) is -2.46. The number of aliphatic hydroxyl groups is 2. The molecule has 2 atom stereocenters. The van der Waals surface area contributed by atoms with Gasteiger partial charge in [0.2, 0.25) is 5.16 Å². The minimum atomic E-state index is -3.90. The van der Waals surface area contributed by atoms with Gasteiger partial charge in [0.05, 0.1) is 24.3 Å². The van der Waals surface area contributed by atoms with Crippen molar-refractivity contribution in [1.82, 2.24) is 14.3 Å². The van der Waals surface area contributed by atoms with Crippen LogP contribution in [0, 0.1) is 5.82 Å². The van der Waals surface area contributed by atoms with E-state index in [-0.39, 0.29) is 30.5 Å². The Bertz CT molecular complexity index is 1000. The van der Waals surface area contributed by atoms with Crippen LogP contribution in [-0.2, 0) is 21.2 Å². The number of imidazole rings is 1. The highest BCUT2D eigenvalue weighted by Gasteiger charge is 2.28. The Balaban J connectivity index is 2.45. The van der Waals surface area contributed by atoms with Crippen molar-refractivity contribution in [3.05, 3.63) is 35.8 Å². The summed E-state index contributed by atoms with van der Waals surface area (Å²) in [4.78, 5) is 15.0. The first-order chi connectivity index (χ1) is 14.5. The molecular formula is C20H28FN3O6S. The summed E-state index contributed by atoms with van der Waals surface area (Å²) in [6.45, 7) is 3.59. The summed E-state index contributed by atoms with van der Waals surface area (Å²) in [5, 5.41) is 28.6. The van der Waals surface area contributed by atoms with Crippen molar-refractivity contribution in [2.75, 3.05) is 7.05 Å². The van der Waals surface area contributed by atoms with Crippen LogP contribution in [0.15, 0.2) is 29.4 Å². The molecule has 0 bridgehead atoms. The Morgan fingerprint density at radius 1 is 1.19 bits per heavy atom. The van der Waals surface area contributed by atoms with Gasteiger partial charge in [0.25, 0.3) is 10.0 Å². The molecule has 0 aliphatic heterocycles. The maximum atomic E-state index is 13.4. The number of halogens is 1. The zero-order valence-electron chi connectivity index (χ0n) is 17.6. The van der Waals surface area contributed by atoms with Gasteiger partial charge < -0.3 is 19.9 Å². The second kappa shape index (κ2) is 10.3. The normalized spacial score (nSPS) is 14.0. The van der Waals surface area contributed by atoms with Crippen LogP contribution in [0.1, 0.15) is 44.8 Å². The molecule has 11 heteroatoms. The van der Waals surface area contributed by atoms with E-state index in [0.717, 1.165) is 0 Å². The standard InChI is InChI=1S/C20H28FN3O6S/c1-12(2)24-17(9-8-15(25)10-16(26)11-18(27)28)19(13-4-6-14(21)7-5-13)23-20(24)31(29,30)22-3/h4-7,12,15-16,22,25-26H,8-11H2,1-3H3,(H,27,28). The van der Waals surface area contributed by atoms with Crippen LogP contribution < -0.4 is 4.72 Å². The van der Waals surface area contributed by atoms with Gasteiger partial charge in [0.15, 0.2) is 0 Å². The highest BCUT2D eigenvalue weighted by Crippen LogP contribution is 2.31. The van der Waals surface area contributed by atoms with Crippen LogP contribution in [0.5, 0.6) is 0 Å². The molecule has 0 aliphatic carbocycles. The Kier molecular flexibility index (Phi) is 8.29. The minimum Gasteiger partial charge on any atom is -0.481 e. The lowest BCUT2D eigenvalue weighted by Crippen LogP contribution is -2.25. The molecule has 0 saturated carbocycles. The molecule has 31 heavy (non-hydrogen) atoms. The summed E-state index contributed by atoms with van der Waals surface area (Å²) in [6, 6.07) is 5.20. The third-order valence-electron chi connectivity index (χ3n) is 4.79. The summed E-state index contributed by atoms with van der Waals surface area (Å²) in [7, 11) is -2.63. The highest BCUT2D eigenvalue weighted by atomic mass is 32.2. The number of aliphatic hydroxyl groups excluding tert-OH is 2. The van der Waals surface area contributed by atoms with Crippen molar-refractivity contribution in [2.24, 2.45) is 0 Å². The Hall–Kier alpha value is -2.34. The first-order valence-electron chi connectivity index (χ1n) is 9.84. The maximum absolute atomic E-state index is 13.4. The summed E-state index contributed by atoms with van der Waals surface area (Å²) in [5.41, 5.74) is 1.40. The number of aliphatic carboxylic acids is 1. The Labute approximate surface area is 180 Å². The summed E-state index contributed by atoms with van der Waals surface area (Å²) >= 11 is 0. The predicted molar refractivity (Wildman–Crippen MR) is 111 cm³/mol. The monoisotopic (exact) mass is 457 g/mol. The number of hydrogen-bond acceptors (Lipinski definition) is 6. The molecule has 9 nitrogen and oxygen atoms in total. The zero-order valence-corrected chi connectivity index (χ0v) is 18.4. The molecule has 1 aromatic carbocycles. The van der Waals surface area contributed by atoms with E-state index in [4.69, 9.17) is 5.11 Å². The minimum absolute atomic E-state index is 0.129. The number of sulfonamides is 1. The molecule has 0 saturated heterocycles. The van der Waals surface area contributed by atoms with Crippen LogP contribution in [0.3, 0.4) is 0 Å². The van der Waals surface area contributed by atoms with E-state index in [1.165, 1.54) is 31.3 Å². The molecule has 172 valence electrons. The first-order valence-corrected chi connectivity index (χ1v) is 11.3. The second-order valence-corrected chi connectivity index (χ2v) is 9.33. The molecule has 0 radical (unpaired) electrons. The number of benzene rings is 1. The SMILES string of the molecule is CNS(=O)(=O)c1nc(-c2ccc(F)cc2)c(CCC(O)CC(O)CC(=O)O)n1C(C)C. The molecule has 2 unspecified atom stereocenters. The second-order valence-electron chi connectivity index (χ2n) is 7.55. The van der Waals surface area contributed by atoms with Gasteiger partial charge in [-0.2, -0.15) is 0 Å². The van der Waals surface area contributed by atoms with Crippen LogP contribution in [0.4, 0.5) is 4.39 Å². The van der Waals surface area contributed by atoms with Gasteiger partial charge in [0.1, 0.15) is 5.82 Å². The number of carboxylic acid groups (broad SMARTS) is 1. The van der Waals surface area contributed by atoms with E-state index in [1.807, 2.05) is 0 Å². The van der Waals surface area contributed by atoms with Crippen LogP contribution >= 0.6 is 0 Å². The van der Waals surface area contributed by atoms with Crippen molar-refractivity contribution < 1.29 is 32.9 Å². The van der Waals surface area contributed by atoms with E-state index in [2.05, 4.69) is 9.71 Å². The molecule has 1 aromatic heterocycles. The van der Waals surface area contributed by atoms with E-state index < -0.39 is 40.4 Å². The molecule has 0 fully saturated rings. The van der Waals surface area contributed by atoms with Crippen molar-refractivity contribution in [2.45, 2.75) is 62.9 Å². The molecule has 0 aliphatic rings. The van der Waals surface area contributed by atoms with Gasteiger partial charge in [-0.05, 0) is 64.4 Å². The van der Waals surface area contributed by atoms with Gasteiger partial charge in [-0.25, -0.2) is 22.5 Å².